The molecule has 1 N–H and O–H groups in total. The Morgan fingerprint density at radius 2 is 1.88 bits per heavy atom. The molecule has 0 saturated heterocycles. The van der Waals surface area contributed by atoms with Crippen LogP contribution in [0.3, 0.4) is 0 Å². The summed E-state index contributed by atoms with van der Waals surface area (Å²) in [6.45, 7) is 4.86. The number of carbonyl (C=O) groups is 1. The third kappa shape index (κ3) is 5.09. The van der Waals surface area contributed by atoms with E-state index in [0.717, 1.165) is 33.5 Å². The smallest absolute Gasteiger partial charge is 0.251 e. The zero-order valence-corrected chi connectivity index (χ0v) is 19.9. The third-order valence-corrected chi connectivity index (χ3v) is 5.87. The molecule has 2 heterocycles. The van der Waals surface area contributed by atoms with Crippen LogP contribution in [-0.4, -0.2) is 43.8 Å². The second-order valence-corrected chi connectivity index (χ2v) is 8.38. The molecule has 0 aliphatic heterocycles. The van der Waals surface area contributed by atoms with Gasteiger partial charge in [-0.15, -0.1) is 10.2 Å². The lowest BCUT2D eigenvalue weighted by Gasteiger charge is -2.11. The van der Waals surface area contributed by atoms with Gasteiger partial charge in [0.25, 0.3) is 5.91 Å². The van der Waals surface area contributed by atoms with Crippen molar-refractivity contribution in [3.05, 3.63) is 82.9 Å². The number of methoxy groups -OCH3 is 1. The number of rotatable bonds is 8. The average Bonchev–Trinajstić information content (AvgIpc) is 3.39. The zero-order valence-electron chi connectivity index (χ0n) is 19.1. The molecular weight excluding hydrogens is 436 g/mol. The number of benzene rings is 2. The summed E-state index contributed by atoms with van der Waals surface area (Å²) >= 11 is 1.49. The van der Waals surface area contributed by atoms with E-state index < -0.39 is 0 Å². The van der Waals surface area contributed by atoms with Gasteiger partial charge in [0, 0.05) is 16.9 Å². The van der Waals surface area contributed by atoms with Crippen molar-refractivity contribution < 1.29 is 9.53 Å². The van der Waals surface area contributed by atoms with Crippen LogP contribution in [0.2, 0.25) is 0 Å². The summed E-state index contributed by atoms with van der Waals surface area (Å²) in [7, 11) is 1.63. The highest BCUT2D eigenvalue weighted by Gasteiger charge is 2.15. The topological polar surface area (TPSA) is 86.9 Å². The molecule has 0 saturated carbocycles. The molecule has 0 atom stereocenters. The van der Waals surface area contributed by atoms with Crippen molar-refractivity contribution in [2.24, 2.45) is 0 Å². The van der Waals surface area contributed by atoms with Gasteiger partial charge in [0.15, 0.2) is 11.0 Å². The predicted octanol–water partition coefficient (Wildman–Crippen LogP) is 3.79. The molecule has 0 bridgehead atoms. The highest BCUT2D eigenvalue weighted by molar-refractivity contribution is 7.98. The maximum absolute atomic E-state index is 12.9. The molecular formula is C24H26N6O2S. The summed E-state index contributed by atoms with van der Waals surface area (Å²) in [5.41, 5.74) is 4.58. The quantitative estimate of drug-likeness (QED) is 0.401. The van der Waals surface area contributed by atoms with E-state index in [1.165, 1.54) is 11.8 Å². The van der Waals surface area contributed by atoms with Gasteiger partial charge >= 0.3 is 0 Å². The van der Waals surface area contributed by atoms with E-state index in [1.54, 1.807) is 7.11 Å². The fraction of sp³-hybridized carbons (Fsp3) is 0.250. The molecule has 4 aromatic rings. The maximum Gasteiger partial charge on any atom is 0.251 e. The monoisotopic (exact) mass is 462 g/mol. The molecule has 2 aromatic heterocycles. The number of aryl methyl sites for hydroxylation is 2. The van der Waals surface area contributed by atoms with Crippen LogP contribution in [0.15, 0.2) is 59.8 Å². The number of ether oxygens (including phenoxy) is 1. The molecule has 0 spiro atoms. The second-order valence-electron chi connectivity index (χ2n) is 7.60. The Labute approximate surface area is 197 Å². The fourth-order valence-corrected chi connectivity index (χ4v) is 4.13. The van der Waals surface area contributed by atoms with Crippen molar-refractivity contribution in [2.75, 3.05) is 13.4 Å². The van der Waals surface area contributed by atoms with Crippen molar-refractivity contribution in [3.8, 4) is 11.4 Å². The SMILES string of the molecule is COc1ccc(-n2c(CNC(=O)c3cccc(Cn4nc(C)cc4C)c3)nnc2SC)cc1. The molecule has 4 rings (SSSR count). The predicted molar refractivity (Wildman–Crippen MR) is 128 cm³/mol. The number of hydrogen-bond donors (Lipinski definition) is 1. The standard InChI is InChI=1S/C24H26N6O2S/c1-16-12-17(2)29(28-16)15-18-6-5-7-19(13-18)23(31)25-14-22-26-27-24(33-4)30(22)20-8-10-21(32-3)11-9-20/h5-13H,14-15H2,1-4H3,(H,25,31). The summed E-state index contributed by atoms with van der Waals surface area (Å²) in [6, 6.07) is 17.3. The Morgan fingerprint density at radius 3 is 2.55 bits per heavy atom. The number of nitrogens with zero attached hydrogens (tertiary/aromatic N) is 5. The van der Waals surface area contributed by atoms with Crippen LogP contribution in [0, 0.1) is 13.8 Å². The molecule has 1 amide bonds. The van der Waals surface area contributed by atoms with E-state index in [-0.39, 0.29) is 12.5 Å². The molecule has 0 radical (unpaired) electrons. The Bertz CT molecular complexity index is 1260. The molecule has 9 heteroatoms. The van der Waals surface area contributed by atoms with Crippen LogP contribution >= 0.6 is 11.8 Å². The van der Waals surface area contributed by atoms with Crippen LogP contribution in [-0.2, 0) is 13.1 Å². The fourth-order valence-electron chi connectivity index (χ4n) is 3.62. The van der Waals surface area contributed by atoms with Crippen LogP contribution in [0.4, 0.5) is 0 Å². The van der Waals surface area contributed by atoms with Crippen molar-refractivity contribution in [1.82, 2.24) is 29.9 Å². The van der Waals surface area contributed by atoms with Gasteiger partial charge in [-0.1, -0.05) is 23.9 Å². The summed E-state index contributed by atoms with van der Waals surface area (Å²) in [5.74, 6) is 1.25. The van der Waals surface area contributed by atoms with Crippen LogP contribution in [0.5, 0.6) is 5.75 Å². The number of thioether (sulfide) groups is 1. The minimum atomic E-state index is -0.166. The highest BCUT2D eigenvalue weighted by Crippen LogP contribution is 2.22. The Balaban J connectivity index is 1.49. The Hall–Kier alpha value is -3.59. The number of hydrogen-bond acceptors (Lipinski definition) is 6. The van der Waals surface area contributed by atoms with E-state index >= 15 is 0 Å². The van der Waals surface area contributed by atoms with Gasteiger partial charge in [0.1, 0.15) is 5.75 Å². The lowest BCUT2D eigenvalue weighted by molar-refractivity contribution is 0.0949. The van der Waals surface area contributed by atoms with Gasteiger partial charge in [0.05, 0.1) is 25.9 Å². The van der Waals surface area contributed by atoms with Gasteiger partial charge in [-0.2, -0.15) is 5.10 Å². The molecule has 2 aromatic carbocycles. The van der Waals surface area contributed by atoms with Gasteiger partial charge < -0.3 is 10.1 Å². The van der Waals surface area contributed by atoms with E-state index in [4.69, 9.17) is 4.74 Å². The van der Waals surface area contributed by atoms with E-state index in [9.17, 15) is 4.79 Å². The number of nitrogens with one attached hydrogen (secondary N) is 1. The third-order valence-electron chi connectivity index (χ3n) is 5.25. The van der Waals surface area contributed by atoms with Crippen LogP contribution in [0.1, 0.15) is 33.1 Å². The highest BCUT2D eigenvalue weighted by atomic mass is 32.2. The van der Waals surface area contributed by atoms with Crippen LogP contribution in [0.25, 0.3) is 5.69 Å². The number of carbonyl (C=O) groups excluding carboxylic acids is 1. The summed E-state index contributed by atoms with van der Waals surface area (Å²) < 4.78 is 9.12. The Morgan fingerprint density at radius 1 is 1.09 bits per heavy atom. The van der Waals surface area contributed by atoms with Crippen molar-refractivity contribution in [1.29, 1.82) is 0 Å². The first-order chi connectivity index (χ1) is 16.0. The molecule has 0 aliphatic carbocycles. The largest absolute Gasteiger partial charge is 0.497 e. The summed E-state index contributed by atoms with van der Waals surface area (Å²) in [4.78, 5) is 12.9. The number of aromatic nitrogens is 5. The van der Waals surface area contributed by atoms with Gasteiger partial charge in [-0.05, 0) is 68.1 Å². The minimum Gasteiger partial charge on any atom is -0.497 e. The Kier molecular flexibility index (Phi) is 6.79. The van der Waals surface area contributed by atoms with Crippen molar-refractivity contribution in [3.63, 3.8) is 0 Å². The maximum atomic E-state index is 12.9. The van der Waals surface area contributed by atoms with Crippen molar-refractivity contribution >= 4 is 17.7 Å². The second kappa shape index (κ2) is 9.91. The van der Waals surface area contributed by atoms with E-state index in [2.05, 4.69) is 20.6 Å². The molecule has 0 aliphatic rings. The van der Waals surface area contributed by atoms with Gasteiger partial charge in [-0.3, -0.25) is 14.0 Å². The normalized spacial score (nSPS) is 10.9. The first kappa shape index (κ1) is 22.6. The molecule has 33 heavy (non-hydrogen) atoms. The van der Waals surface area contributed by atoms with E-state index in [0.29, 0.717) is 17.9 Å². The zero-order chi connectivity index (χ0) is 23.4. The first-order valence-electron chi connectivity index (χ1n) is 10.5. The lowest BCUT2D eigenvalue weighted by Crippen LogP contribution is -2.24. The number of amides is 1. The summed E-state index contributed by atoms with van der Waals surface area (Å²) in [6.07, 6.45) is 1.95. The molecule has 0 fully saturated rings. The minimum absolute atomic E-state index is 0.166. The average molecular weight is 463 g/mol. The lowest BCUT2D eigenvalue weighted by atomic mass is 10.1. The molecule has 170 valence electrons. The van der Waals surface area contributed by atoms with Gasteiger partial charge in [0.2, 0.25) is 0 Å². The van der Waals surface area contributed by atoms with Crippen LogP contribution < -0.4 is 10.1 Å². The van der Waals surface area contributed by atoms with E-state index in [1.807, 2.05) is 83.9 Å². The summed E-state index contributed by atoms with van der Waals surface area (Å²) in [5, 5.41) is 16.8. The molecule has 0 unspecified atom stereocenters. The van der Waals surface area contributed by atoms with Gasteiger partial charge in [-0.25, -0.2) is 0 Å². The van der Waals surface area contributed by atoms with Crippen molar-refractivity contribution in [2.45, 2.75) is 32.1 Å². The molecule has 8 nitrogen and oxygen atoms in total. The first-order valence-corrected chi connectivity index (χ1v) is 11.7.